The Morgan fingerprint density at radius 1 is 1.10 bits per heavy atom. The minimum atomic E-state index is -3.76. The standard InChI is InChI=1S/C10H19NO7S2/c1-3-19(15,16)5-4-6-20(17,18)7-9(10(13)14)11-8(2)12/h9H,3-7H2,1-2H3,(H,11,12)(H,13,14)/t9-/m0/s1. The molecule has 0 rings (SSSR count). The summed E-state index contributed by atoms with van der Waals surface area (Å²) in [4.78, 5) is 21.6. The molecule has 0 aromatic rings. The van der Waals surface area contributed by atoms with Gasteiger partial charge in [0.25, 0.3) is 0 Å². The van der Waals surface area contributed by atoms with Crippen LogP contribution >= 0.6 is 0 Å². The Morgan fingerprint density at radius 3 is 2.00 bits per heavy atom. The van der Waals surface area contributed by atoms with Gasteiger partial charge in [-0.15, -0.1) is 0 Å². The van der Waals surface area contributed by atoms with Gasteiger partial charge in [0.2, 0.25) is 5.91 Å². The average Bonchev–Trinajstić information content (AvgIpc) is 2.26. The zero-order valence-electron chi connectivity index (χ0n) is 11.3. The number of carboxylic acids is 1. The van der Waals surface area contributed by atoms with Crippen molar-refractivity contribution in [3.8, 4) is 0 Å². The largest absolute Gasteiger partial charge is 0.480 e. The highest BCUT2D eigenvalue weighted by molar-refractivity contribution is 7.92. The maximum Gasteiger partial charge on any atom is 0.327 e. The lowest BCUT2D eigenvalue weighted by molar-refractivity contribution is -0.140. The minimum Gasteiger partial charge on any atom is -0.480 e. The molecular weight excluding hydrogens is 310 g/mol. The Bertz CT molecular complexity index is 550. The number of carboxylic acid groups (broad SMARTS) is 1. The third-order valence-electron chi connectivity index (χ3n) is 2.45. The average molecular weight is 329 g/mol. The highest BCUT2D eigenvalue weighted by Gasteiger charge is 2.26. The summed E-state index contributed by atoms with van der Waals surface area (Å²) in [5.41, 5.74) is 0. The number of carbonyl (C=O) groups excluding carboxylic acids is 1. The second-order valence-corrected chi connectivity index (χ2v) is 9.00. The summed E-state index contributed by atoms with van der Waals surface area (Å²) in [5.74, 6) is -3.63. The van der Waals surface area contributed by atoms with Gasteiger partial charge in [0, 0.05) is 12.7 Å². The van der Waals surface area contributed by atoms with E-state index in [0.29, 0.717) is 0 Å². The van der Waals surface area contributed by atoms with E-state index in [9.17, 15) is 26.4 Å². The third-order valence-corrected chi connectivity index (χ3v) is 5.99. The fourth-order valence-electron chi connectivity index (χ4n) is 1.40. The van der Waals surface area contributed by atoms with Crippen LogP contribution in [0.1, 0.15) is 20.3 Å². The monoisotopic (exact) mass is 329 g/mol. The van der Waals surface area contributed by atoms with E-state index in [1.807, 2.05) is 5.32 Å². The van der Waals surface area contributed by atoms with E-state index in [4.69, 9.17) is 5.11 Å². The molecule has 0 spiro atoms. The van der Waals surface area contributed by atoms with Gasteiger partial charge < -0.3 is 10.4 Å². The molecule has 0 aromatic heterocycles. The Balaban J connectivity index is 4.57. The lowest BCUT2D eigenvalue weighted by atomic mass is 10.3. The molecule has 0 aliphatic carbocycles. The molecule has 2 N–H and O–H groups in total. The summed E-state index contributed by atoms with van der Waals surface area (Å²) in [6.07, 6.45) is -0.0923. The summed E-state index contributed by atoms with van der Waals surface area (Å²) in [5, 5.41) is 10.8. The predicted molar refractivity (Wildman–Crippen MR) is 72.8 cm³/mol. The molecular formula is C10H19NO7S2. The number of hydrogen-bond donors (Lipinski definition) is 2. The van der Waals surface area contributed by atoms with Crippen molar-refractivity contribution < 1.29 is 31.5 Å². The summed E-state index contributed by atoms with van der Waals surface area (Å²) >= 11 is 0. The van der Waals surface area contributed by atoms with Gasteiger partial charge in [-0.05, 0) is 6.42 Å². The first-order chi connectivity index (χ1) is 8.99. The van der Waals surface area contributed by atoms with E-state index in [1.54, 1.807) is 0 Å². The van der Waals surface area contributed by atoms with Crippen LogP contribution < -0.4 is 5.32 Å². The molecule has 0 heterocycles. The summed E-state index contributed by atoms with van der Waals surface area (Å²) in [7, 11) is -7.02. The van der Waals surface area contributed by atoms with Crippen LogP contribution in [0.3, 0.4) is 0 Å². The number of hydrogen-bond acceptors (Lipinski definition) is 6. The molecule has 1 amide bonds. The Hall–Kier alpha value is -1.16. The Morgan fingerprint density at radius 2 is 1.60 bits per heavy atom. The Labute approximate surface area is 118 Å². The molecule has 0 aliphatic rings. The minimum absolute atomic E-state index is 0.0727. The lowest BCUT2D eigenvalue weighted by Gasteiger charge is -2.13. The van der Waals surface area contributed by atoms with Crippen molar-refractivity contribution in [2.24, 2.45) is 0 Å². The highest BCUT2D eigenvalue weighted by atomic mass is 32.2. The molecule has 1 atom stereocenters. The number of nitrogens with one attached hydrogen (secondary N) is 1. The number of amides is 1. The second kappa shape index (κ2) is 7.58. The van der Waals surface area contributed by atoms with Gasteiger partial charge in [0.15, 0.2) is 9.84 Å². The van der Waals surface area contributed by atoms with Gasteiger partial charge in [-0.3, -0.25) is 4.79 Å². The molecule has 0 saturated heterocycles. The van der Waals surface area contributed by atoms with E-state index in [1.165, 1.54) is 6.92 Å². The van der Waals surface area contributed by atoms with Crippen molar-refractivity contribution in [2.45, 2.75) is 26.3 Å². The van der Waals surface area contributed by atoms with Gasteiger partial charge in [0.05, 0.1) is 17.3 Å². The lowest BCUT2D eigenvalue weighted by Crippen LogP contribution is -2.44. The van der Waals surface area contributed by atoms with Crippen molar-refractivity contribution in [1.82, 2.24) is 5.32 Å². The van der Waals surface area contributed by atoms with Crippen LogP contribution in [0.5, 0.6) is 0 Å². The topological polar surface area (TPSA) is 135 Å². The van der Waals surface area contributed by atoms with Crippen LogP contribution in [0.2, 0.25) is 0 Å². The highest BCUT2D eigenvalue weighted by Crippen LogP contribution is 2.02. The van der Waals surface area contributed by atoms with Gasteiger partial charge in [-0.1, -0.05) is 6.92 Å². The van der Waals surface area contributed by atoms with Crippen LogP contribution in [-0.2, 0) is 29.3 Å². The molecule has 0 aromatic carbocycles. The van der Waals surface area contributed by atoms with Crippen LogP contribution in [0.15, 0.2) is 0 Å². The Kier molecular flexibility index (Phi) is 7.14. The molecule has 0 bridgehead atoms. The molecule has 0 unspecified atom stereocenters. The van der Waals surface area contributed by atoms with Crippen LogP contribution in [0.25, 0.3) is 0 Å². The van der Waals surface area contributed by atoms with E-state index in [0.717, 1.165) is 6.92 Å². The molecule has 10 heteroatoms. The molecule has 0 saturated carbocycles. The van der Waals surface area contributed by atoms with E-state index in [-0.39, 0.29) is 17.9 Å². The first-order valence-electron chi connectivity index (χ1n) is 5.90. The smallest absolute Gasteiger partial charge is 0.327 e. The SMILES string of the molecule is CCS(=O)(=O)CCCS(=O)(=O)C[C@H](NC(C)=O)C(=O)O. The molecule has 118 valence electrons. The fraction of sp³-hybridized carbons (Fsp3) is 0.800. The molecule has 8 nitrogen and oxygen atoms in total. The maximum atomic E-state index is 11.7. The predicted octanol–water partition coefficient (Wildman–Crippen LogP) is -1.18. The van der Waals surface area contributed by atoms with E-state index < -0.39 is 49.1 Å². The number of sulfone groups is 2. The van der Waals surface area contributed by atoms with Gasteiger partial charge in [-0.25, -0.2) is 21.6 Å². The third kappa shape index (κ3) is 8.10. The van der Waals surface area contributed by atoms with Crippen LogP contribution in [0, 0.1) is 0 Å². The van der Waals surface area contributed by atoms with E-state index >= 15 is 0 Å². The maximum absolute atomic E-state index is 11.7. The fourth-order valence-corrected chi connectivity index (χ4v) is 3.94. The summed E-state index contributed by atoms with van der Waals surface area (Å²) in [6.45, 7) is 2.54. The van der Waals surface area contributed by atoms with Crippen LogP contribution in [0.4, 0.5) is 0 Å². The van der Waals surface area contributed by atoms with E-state index in [2.05, 4.69) is 0 Å². The summed E-state index contributed by atoms with van der Waals surface area (Å²) < 4.78 is 45.8. The summed E-state index contributed by atoms with van der Waals surface area (Å²) in [6, 6.07) is -1.53. The number of carbonyl (C=O) groups is 2. The van der Waals surface area contributed by atoms with Crippen molar-refractivity contribution in [3.05, 3.63) is 0 Å². The van der Waals surface area contributed by atoms with Crippen molar-refractivity contribution in [1.29, 1.82) is 0 Å². The second-order valence-electron chi connectivity index (χ2n) is 4.30. The van der Waals surface area contributed by atoms with Crippen molar-refractivity contribution in [2.75, 3.05) is 23.0 Å². The zero-order valence-corrected chi connectivity index (χ0v) is 13.0. The molecule has 20 heavy (non-hydrogen) atoms. The molecule has 0 aliphatic heterocycles. The normalized spacial score (nSPS) is 13.7. The number of aliphatic carboxylic acids is 1. The van der Waals surface area contributed by atoms with Gasteiger partial charge in [0.1, 0.15) is 15.9 Å². The van der Waals surface area contributed by atoms with Gasteiger partial charge in [-0.2, -0.15) is 0 Å². The molecule has 0 fully saturated rings. The van der Waals surface area contributed by atoms with Crippen molar-refractivity contribution >= 4 is 31.6 Å². The zero-order chi connectivity index (χ0) is 16.0. The van der Waals surface area contributed by atoms with Crippen molar-refractivity contribution in [3.63, 3.8) is 0 Å². The number of rotatable bonds is 9. The first kappa shape index (κ1) is 18.8. The van der Waals surface area contributed by atoms with Crippen LogP contribution in [-0.4, -0.2) is 62.9 Å². The molecule has 0 radical (unpaired) electrons. The van der Waals surface area contributed by atoms with Gasteiger partial charge >= 0.3 is 5.97 Å². The quantitative estimate of drug-likeness (QED) is 0.543. The first-order valence-corrected chi connectivity index (χ1v) is 9.54.